The first-order valence-electron chi connectivity index (χ1n) is 5.72. The molecule has 94 valence electrons. The van der Waals surface area contributed by atoms with Crippen LogP contribution in [0.5, 0.6) is 5.75 Å². The van der Waals surface area contributed by atoms with Crippen molar-refractivity contribution in [1.82, 2.24) is 0 Å². The molecule has 1 aromatic rings. The van der Waals surface area contributed by atoms with Gasteiger partial charge in [-0.15, -0.1) is 0 Å². The van der Waals surface area contributed by atoms with E-state index in [0.29, 0.717) is 24.0 Å². The third-order valence-corrected chi connectivity index (χ3v) is 2.06. The van der Waals surface area contributed by atoms with Crippen molar-refractivity contribution in [2.24, 2.45) is 5.92 Å². The second-order valence-electron chi connectivity index (χ2n) is 4.21. The van der Waals surface area contributed by atoms with Gasteiger partial charge in [-0.2, -0.15) is 0 Å². The summed E-state index contributed by atoms with van der Waals surface area (Å²) in [6, 6.07) is 7.20. The van der Waals surface area contributed by atoms with Crippen molar-refractivity contribution < 1.29 is 14.3 Å². The molecule has 0 heterocycles. The maximum absolute atomic E-state index is 11.3. The number of benzene rings is 1. The highest BCUT2D eigenvalue weighted by atomic mass is 16.5. The molecule has 0 aliphatic carbocycles. The number of ether oxygens (including phenoxy) is 2. The van der Waals surface area contributed by atoms with Crippen LogP contribution in [-0.4, -0.2) is 19.2 Å². The molecule has 0 atom stereocenters. The average molecular weight is 237 g/mol. The highest BCUT2D eigenvalue weighted by Crippen LogP contribution is 2.19. The van der Waals surface area contributed by atoms with E-state index in [4.69, 9.17) is 15.2 Å². The zero-order valence-electron chi connectivity index (χ0n) is 10.3. The number of nitrogen functional groups attached to an aromatic ring is 1. The summed E-state index contributed by atoms with van der Waals surface area (Å²) in [6.45, 7) is 4.72. The summed E-state index contributed by atoms with van der Waals surface area (Å²) in [6.07, 6.45) is 0.237. The molecule has 0 unspecified atom stereocenters. The molecule has 0 amide bonds. The topological polar surface area (TPSA) is 61.5 Å². The van der Waals surface area contributed by atoms with E-state index in [2.05, 4.69) is 0 Å². The lowest BCUT2D eigenvalue weighted by atomic mass is 10.2. The monoisotopic (exact) mass is 237 g/mol. The number of rotatable bonds is 6. The van der Waals surface area contributed by atoms with Gasteiger partial charge in [-0.3, -0.25) is 4.79 Å². The smallest absolute Gasteiger partial charge is 0.309 e. The van der Waals surface area contributed by atoms with Gasteiger partial charge in [0.05, 0.1) is 25.3 Å². The molecule has 0 saturated heterocycles. The van der Waals surface area contributed by atoms with Crippen molar-refractivity contribution in [3.63, 3.8) is 0 Å². The normalized spacial score (nSPS) is 10.3. The highest BCUT2D eigenvalue weighted by Gasteiger charge is 2.05. The van der Waals surface area contributed by atoms with Crippen molar-refractivity contribution in [3.05, 3.63) is 24.3 Å². The summed E-state index contributed by atoms with van der Waals surface area (Å²) < 4.78 is 10.4. The average Bonchev–Trinajstić information content (AvgIpc) is 2.29. The van der Waals surface area contributed by atoms with Crippen molar-refractivity contribution in [2.45, 2.75) is 20.3 Å². The molecule has 1 aromatic carbocycles. The lowest BCUT2D eigenvalue weighted by Gasteiger charge is -2.09. The number of hydrogen-bond acceptors (Lipinski definition) is 4. The number of anilines is 1. The summed E-state index contributed by atoms with van der Waals surface area (Å²) in [5.41, 5.74) is 6.27. The molecule has 0 fully saturated rings. The van der Waals surface area contributed by atoms with E-state index in [1.54, 1.807) is 12.1 Å². The fourth-order valence-electron chi connectivity index (χ4n) is 1.19. The lowest BCUT2D eigenvalue weighted by molar-refractivity contribution is -0.145. The van der Waals surface area contributed by atoms with E-state index < -0.39 is 0 Å². The Kier molecular flexibility index (Phi) is 5.33. The summed E-state index contributed by atoms with van der Waals surface area (Å²) in [7, 11) is 0. The molecule has 0 spiro atoms. The molecule has 0 aromatic heterocycles. The van der Waals surface area contributed by atoms with Gasteiger partial charge in [-0.25, -0.2) is 0 Å². The number of hydrogen-bond donors (Lipinski definition) is 1. The first-order chi connectivity index (χ1) is 8.09. The van der Waals surface area contributed by atoms with Crippen LogP contribution in [0.25, 0.3) is 0 Å². The quantitative estimate of drug-likeness (QED) is 0.609. The van der Waals surface area contributed by atoms with Gasteiger partial charge in [0.15, 0.2) is 0 Å². The molecule has 0 radical (unpaired) electrons. The van der Waals surface area contributed by atoms with E-state index in [1.807, 2.05) is 26.0 Å². The van der Waals surface area contributed by atoms with Crippen molar-refractivity contribution in [2.75, 3.05) is 18.9 Å². The fourth-order valence-corrected chi connectivity index (χ4v) is 1.19. The Balaban J connectivity index is 2.24. The zero-order chi connectivity index (χ0) is 12.7. The van der Waals surface area contributed by atoms with Crippen LogP contribution < -0.4 is 10.5 Å². The van der Waals surface area contributed by atoms with E-state index in [9.17, 15) is 4.79 Å². The Bertz CT molecular complexity index is 363. The number of carbonyl (C=O) groups is 1. The van der Waals surface area contributed by atoms with Crippen molar-refractivity contribution in [1.29, 1.82) is 0 Å². The molecule has 0 saturated carbocycles. The highest BCUT2D eigenvalue weighted by molar-refractivity contribution is 5.69. The second-order valence-corrected chi connectivity index (χ2v) is 4.21. The maximum atomic E-state index is 11.3. The lowest BCUT2D eigenvalue weighted by Crippen LogP contribution is -2.13. The third kappa shape index (κ3) is 5.24. The second kappa shape index (κ2) is 6.78. The molecule has 17 heavy (non-hydrogen) atoms. The number of nitrogens with two attached hydrogens (primary N) is 1. The van der Waals surface area contributed by atoms with Crippen LogP contribution in [0.3, 0.4) is 0 Å². The Labute approximate surface area is 102 Å². The predicted octanol–water partition coefficient (Wildman–Crippen LogP) is 2.24. The van der Waals surface area contributed by atoms with E-state index in [0.717, 1.165) is 0 Å². The molecular weight excluding hydrogens is 218 g/mol. The largest absolute Gasteiger partial charge is 0.491 e. The van der Waals surface area contributed by atoms with Crippen LogP contribution in [0.4, 0.5) is 5.69 Å². The Morgan fingerprint density at radius 3 is 2.71 bits per heavy atom. The predicted molar refractivity (Wildman–Crippen MR) is 66.8 cm³/mol. The summed E-state index contributed by atoms with van der Waals surface area (Å²) >= 11 is 0. The molecule has 4 nitrogen and oxygen atoms in total. The SMILES string of the molecule is CC(C)COC(=O)CCOc1ccccc1N. The molecule has 0 aliphatic rings. The van der Waals surface area contributed by atoms with E-state index in [1.165, 1.54) is 0 Å². The number of carbonyl (C=O) groups excluding carboxylic acids is 1. The van der Waals surface area contributed by atoms with Crippen LogP contribution in [0, 0.1) is 5.92 Å². The first-order valence-corrected chi connectivity index (χ1v) is 5.72. The maximum Gasteiger partial charge on any atom is 0.309 e. The third-order valence-electron chi connectivity index (χ3n) is 2.06. The minimum Gasteiger partial charge on any atom is -0.491 e. The van der Waals surface area contributed by atoms with Gasteiger partial charge in [-0.1, -0.05) is 26.0 Å². The minimum atomic E-state index is -0.242. The van der Waals surface area contributed by atoms with Gasteiger partial charge in [0, 0.05) is 0 Å². The molecule has 1 rings (SSSR count). The van der Waals surface area contributed by atoms with Gasteiger partial charge < -0.3 is 15.2 Å². The van der Waals surface area contributed by atoms with E-state index in [-0.39, 0.29) is 19.0 Å². The van der Waals surface area contributed by atoms with Crippen LogP contribution in [0.2, 0.25) is 0 Å². The van der Waals surface area contributed by atoms with E-state index >= 15 is 0 Å². The van der Waals surface area contributed by atoms with Crippen LogP contribution >= 0.6 is 0 Å². The van der Waals surface area contributed by atoms with Gasteiger partial charge in [0.25, 0.3) is 0 Å². The number of esters is 1. The Hall–Kier alpha value is -1.71. The van der Waals surface area contributed by atoms with Gasteiger partial charge in [0.1, 0.15) is 5.75 Å². The van der Waals surface area contributed by atoms with Crippen molar-refractivity contribution in [3.8, 4) is 5.75 Å². The fraction of sp³-hybridized carbons (Fsp3) is 0.462. The summed E-state index contributed by atoms with van der Waals surface area (Å²) in [5, 5.41) is 0. The van der Waals surface area contributed by atoms with Gasteiger partial charge >= 0.3 is 5.97 Å². The van der Waals surface area contributed by atoms with Gasteiger partial charge in [0.2, 0.25) is 0 Å². The standard InChI is InChI=1S/C13H19NO3/c1-10(2)9-17-13(15)7-8-16-12-6-4-3-5-11(12)14/h3-6,10H,7-9,14H2,1-2H3. The van der Waals surface area contributed by atoms with Crippen LogP contribution in [0.1, 0.15) is 20.3 Å². The molecule has 0 bridgehead atoms. The summed E-state index contributed by atoms with van der Waals surface area (Å²) in [4.78, 5) is 11.3. The van der Waals surface area contributed by atoms with Gasteiger partial charge in [-0.05, 0) is 18.1 Å². The Morgan fingerprint density at radius 1 is 1.35 bits per heavy atom. The van der Waals surface area contributed by atoms with Crippen LogP contribution in [-0.2, 0) is 9.53 Å². The minimum absolute atomic E-state index is 0.237. The summed E-state index contributed by atoms with van der Waals surface area (Å²) in [5.74, 6) is 0.710. The Morgan fingerprint density at radius 2 is 2.06 bits per heavy atom. The number of para-hydroxylation sites is 2. The van der Waals surface area contributed by atoms with Crippen LogP contribution in [0.15, 0.2) is 24.3 Å². The van der Waals surface area contributed by atoms with Crippen molar-refractivity contribution >= 4 is 11.7 Å². The molecule has 0 aliphatic heterocycles. The first kappa shape index (κ1) is 13.4. The molecule has 4 heteroatoms. The molecular formula is C13H19NO3. The molecule has 2 N–H and O–H groups in total. The zero-order valence-corrected chi connectivity index (χ0v) is 10.3.